The largest absolute Gasteiger partial charge is 0.458 e. The third kappa shape index (κ3) is 6.92. The molecule has 9 heteroatoms. The van der Waals surface area contributed by atoms with Crippen LogP contribution in [0.15, 0.2) is 267 Å². The summed E-state index contributed by atoms with van der Waals surface area (Å²) in [6.07, 6.45) is 0. The van der Waals surface area contributed by atoms with Crippen LogP contribution in [0.25, 0.3) is 128 Å². The van der Waals surface area contributed by atoms with Crippen LogP contribution in [0.3, 0.4) is 0 Å². The molecule has 0 unspecified atom stereocenters. The van der Waals surface area contributed by atoms with Gasteiger partial charge in [-0.3, -0.25) is 17.9 Å². The fourth-order valence-corrected chi connectivity index (χ4v) is 14.3. The number of para-hydroxylation sites is 8. The normalized spacial score (nSPS) is 12.4. The molecule has 12 aromatic carbocycles. The monoisotopic (exact) mass is 1090 g/mol. The van der Waals surface area contributed by atoms with Crippen molar-refractivity contribution in [2.24, 2.45) is 0 Å². The molecule has 0 spiro atoms. The predicted octanol–water partition coefficient (Wildman–Crippen LogP) is 16.5. The maximum atomic E-state index is 6.57. The molecule has 18 rings (SSSR count). The molecule has 6 heterocycles. The summed E-state index contributed by atoms with van der Waals surface area (Å²) in [4.78, 5) is 11.1. The number of hydrogen-bond acceptors (Lipinski definition) is 3. The van der Waals surface area contributed by atoms with Gasteiger partial charge in [0.05, 0.1) is 49.7 Å². The van der Waals surface area contributed by atoms with Crippen LogP contribution in [-0.4, -0.2) is 39.2 Å². The summed E-state index contributed by atoms with van der Waals surface area (Å²) in [7, 11) is 0. The van der Waals surface area contributed by atoms with Crippen LogP contribution in [0.4, 0.5) is 0 Å². The lowest BCUT2D eigenvalue weighted by Crippen LogP contribution is -2.56. The summed E-state index contributed by atoms with van der Waals surface area (Å²) in [5.74, 6) is 3.53. The van der Waals surface area contributed by atoms with E-state index < -0.39 is 0 Å². The Balaban J connectivity index is 0.757. The van der Waals surface area contributed by atoms with E-state index in [1.165, 1.54) is 38.5 Å². The van der Waals surface area contributed by atoms with Crippen LogP contribution in [-0.2, 0) is 0 Å². The number of imidazole rings is 4. The van der Waals surface area contributed by atoms with Crippen molar-refractivity contribution >= 4 is 101 Å². The van der Waals surface area contributed by atoms with Gasteiger partial charge in [-0.05, 0) is 172 Å². The molecular formula is C76H50BN7O. The van der Waals surface area contributed by atoms with Crippen molar-refractivity contribution in [3.63, 3.8) is 0 Å². The highest BCUT2D eigenvalue weighted by Crippen LogP contribution is 2.41. The zero-order valence-corrected chi connectivity index (χ0v) is 46.5. The first-order valence-corrected chi connectivity index (χ1v) is 29.1. The second-order valence-corrected chi connectivity index (χ2v) is 22.6. The lowest BCUT2D eigenvalue weighted by atomic mass is 9.34. The first-order chi connectivity index (χ1) is 42.0. The van der Waals surface area contributed by atoms with Gasteiger partial charge in [-0.15, -0.1) is 0 Å². The molecule has 1 aliphatic rings. The van der Waals surface area contributed by atoms with E-state index in [4.69, 9.17) is 14.7 Å². The second kappa shape index (κ2) is 18.2. The summed E-state index contributed by atoms with van der Waals surface area (Å²) in [6.45, 7) is 4.48. The Morgan fingerprint density at radius 1 is 0.353 bits per heavy atom. The van der Waals surface area contributed by atoms with Gasteiger partial charge in [0.15, 0.2) is 0 Å². The number of ether oxygens (including phenoxy) is 1. The average molecular weight is 1090 g/mol. The van der Waals surface area contributed by atoms with Gasteiger partial charge in [-0.25, -0.2) is 9.97 Å². The first-order valence-electron chi connectivity index (χ1n) is 29.1. The van der Waals surface area contributed by atoms with Gasteiger partial charge in [-0.1, -0.05) is 169 Å². The second-order valence-electron chi connectivity index (χ2n) is 22.6. The molecule has 0 saturated heterocycles. The zero-order valence-electron chi connectivity index (χ0n) is 46.5. The molecule has 85 heavy (non-hydrogen) atoms. The molecule has 0 N–H and O–H groups in total. The van der Waals surface area contributed by atoms with Gasteiger partial charge in [0.25, 0.3) is 6.71 Å². The Labute approximate surface area is 489 Å². The average Bonchev–Trinajstić information content (AvgIpc) is 1.95. The van der Waals surface area contributed by atoms with Gasteiger partial charge in [0, 0.05) is 27.8 Å². The maximum Gasteiger partial charge on any atom is 0.252 e. The highest BCUT2D eigenvalue weighted by Gasteiger charge is 2.36. The van der Waals surface area contributed by atoms with E-state index >= 15 is 0 Å². The van der Waals surface area contributed by atoms with E-state index in [-0.39, 0.29) is 6.71 Å². The number of rotatable bonds is 7. The minimum atomic E-state index is -0.0429. The molecule has 0 amide bonds. The maximum absolute atomic E-state index is 6.57. The number of fused-ring (bicyclic) bond motifs is 16. The molecule has 5 aromatic heterocycles. The molecule has 1 aliphatic heterocycles. The Bertz CT molecular complexity index is 5580. The highest BCUT2D eigenvalue weighted by atomic mass is 16.5. The lowest BCUT2D eigenvalue weighted by molar-refractivity contribution is 0.487. The van der Waals surface area contributed by atoms with Crippen LogP contribution >= 0.6 is 0 Å². The third-order valence-electron chi connectivity index (χ3n) is 18.0. The molecule has 0 fully saturated rings. The van der Waals surface area contributed by atoms with Crippen molar-refractivity contribution in [3.05, 3.63) is 278 Å². The van der Waals surface area contributed by atoms with Gasteiger partial charge < -0.3 is 9.30 Å². The molecule has 398 valence electrons. The Morgan fingerprint density at radius 2 is 0.918 bits per heavy atom. The van der Waals surface area contributed by atoms with E-state index in [1.807, 2.05) is 0 Å². The Morgan fingerprint density at radius 3 is 1.65 bits per heavy atom. The molecular weight excluding hydrogens is 1040 g/mol. The van der Waals surface area contributed by atoms with Gasteiger partial charge in [0.2, 0.25) is 11.6 Å². The van der Waals surface area contributed by atoms with Crippen LogP contribution in [0, 0.1) is 13.8 Å². The summed E-state index contributed by atoms with van der Waals surface area (Å²) in [5, 5.41) is 2.40. The number of aryl methyl sites for hydroxylation is 1. The number of aromatic nitrogens is 7. The molecule has 8 nitrogen and oxygen atoms in total. The predicted molar refractivity (Wildman–Crippen MR) is 350 cm³/mol. The van der Waals surface area contributed by atoms with E-state index in [1.54, 1.807) is 0 Å². The standard InChI is InChI=1S/C76H50BN7O/c1-47-44-54(82-64-30-13-15-32-66(64)83-68-43-41-59-58-26-9-12-29-63(58)80(52-23-7-4-8-24-52)74(59)73(68)79-76(82)83)37-38-55(47)51-36-42-62-69(46-51)84-67-33-16-14-31-65(67)81(75(84)78-62)53-25-19-22-50(45-53)56-39-40-57(49-20-5-3-6-21-49)72(48(56)2)77-60-27-10-17-34-70(60)85-71-35-18-11-28-61(71)77/h3-46H,1-2H3. The molecule has 0 radical (unpaired) electrons. The molecule has 17 aromatic rings. The smallest absolute Gasteiger partial charge is 0.252 e. The van der Waals surface area contributed by atoms with Crippen molar-refractivity contribution in [1.82, 2.24) is 32.5 Å². The summed E-state index contributed by atoms with van der Waals surface area (Å²) in [6, 6.07) is 96.2. The highest BCUT2D eigenvalue weighted by molar-refractivity contribution is 6.98. The van der Waals surface area contributed by atoms with E-state index in [0.717, 1.165) is 128 Å². The minimum Gasteiger partial charge on any atom is -0.458 e. The van der Waals surface area contributed by atoms with E-state index in [9.17, 15) is 0 Å². The third-order valence-corrected chi connectivity index (χ3v) is 18.0. The first kappa shape index (κ1) is 47.5. The summed E-state index contributed by atoms with van der Waals surface area (Å²) < 4.78 is 18.3. The zero-order chi connectivity index (χ0) is 56.0. The van der Waals surface area contributed by atoms with E-state index in [0.29, 0.717) is 0 Å². The number of hydrogen-bond donors (Lipinski definition) is 0. The van der Waals surface area contributed by atoms with Crippen LogP contribution < -0.4 is 21.1 Å². The van der Waals surface area contributed by atoms with Crippen molar-refractivity contribution in [3.8, 4) is 61.9 Å². The summed E-state index contributed by atoms with van der Waals surface area (Å²) >= 11 is 0. The molecule has 0 saturated carbocycles. The Hall–Kier alpha value is -11.2. The summed E-state index contributed by atoms with van der Waals surface area (Å²) in [5.41, 5.74) is 26.9. The van der Waals surface area contributed by atoms with Crippen molar-refractivity contribution < 1.29 is 4.74 Å². The van der Waals surface area contributed by atoms with Gasteiger partial charge in [-0.2, -0.15) is 0 Å². The van der Waals surface area contributed by atoms with Crippen LogP contribution in [0.1, 0.15) is 11.1 Å². The van der Waals surface area contributed by atoms with Crippen LogP contribution in [0.2, 0.25) is 0 Å². The molecule has 0 atom stereocenters. The lowest BCUT2D eigenvalue weighted by Gasteiger charge is -2.30. The van der Waals surface area contributed by atoms with Crippen LogP contribution in [0.5, 0.6) is 11.5 Å². The topological polar surface area (TPSA) is 58.6 Å². The fourth-order valence-electron chi connectivity index (χ4n) is 14.3. The molecule has 0 aliphatic carbocycles. The number of nitrogens with zero attached hydrogens (tertiary/aromatic N) is 7. The van der Waals surface area contributed by atoms with Gasteiger partial charge >= 0.3 is 0 Å². The van der Waals surface area contributed by atoms with Crippen molar-refractivity contribution in [2.45, 2.75) is 13.8 Å². The number of benzene rings is 12. The quantitative estimate of drug-likeness (QED) is 0.149. The van der Waals surface area contributed by atoms with E-state index in [2.05, 4.69) is 303 Å². The minimum absolute atomic E-state index is 0.0429. The van der Waals surface area contributed by atoms with Crippen molar-refractivity contribution in [1.29, 1.82) is 0 Å². The van der Waals surface area contributed by atoms with Gasteiger partial charge in [0.1, 0.15) is 17.0 Å². The SMILES string of the molecule is Cc1cc(-n2c3ccccc3n3c4ccc5c6ccccc6n(-c6ccccc6)c5c4nc23)ccc1-c1ccc2nc3n(-c4cccc(-c5ccc(-c6ccccc6)c(B6c7ccccc7Oc7ccccc76)c5C)c4)c4ccccc4n3c2c1. The van der Waals surface area contributed by atoms with Crippen molar-refractivity contribution in [2.75, 3.05) is 0 Å². The fraction of sp³-hybridized carbons (Fsp3) is 0.0263. The Kier molecular flexibility index (Phi) is 10.2. The molecule has 0 bridgehead atoms.